The number of carbonyl (C=O) groups is 1. The number of amides is 1. The Morgan fingerprint density at radius 1 is 1.36 bits per heavy atom. The van der Waals surface area contributed by atoms with Gasteiger partial charge in [-0.3, -0.25) is 15.0 Å². The molecule has 4 rings (SSSR count). The van der Waals surface area contributed by atoms with E-state index in [1.165, 1.54) is 11.3 Å². The molecule has 4 heterocycles. The Hall–Kier alpha value is -2.16. The third kappa shape index (κ3) is 3.76. The fourth-order valence-electron chi connectivity index (χ4n) is 3.08. The summed E-state index contributed by atoms with van der Waals surface area (Å²) in [5, 5.41) is 7.29. The fraction of sp³-hybridized carbons (Fsp3) is 0.294. The molecule has 1 N–H and O–H groups in total. The van der Waals surface area contributed by atoms with Gasteiger partial charge in [0.05, 0.1) is 22.9 Å². The van der Waals surface area contributed by atoms with Crippen molar-refractivity contribution < 1.29 is 4.79 Å². The van der Waals surface area contributed by atoms with Crippen LogP contribution in [0.25, 0.3) is 0 Å². The molecular weight excluding hydrogens is 354 g/mol. The number of carbonyl (C=O) groups excluding carboxylic acids is 1. The van der Waals surface area contributed by atoms with Crippen LogP contribution in [0.5, 0.6) is 0 Å². The number of likely N-dealkylation sites (tertiary alicyclic amines) is 1. The first-order valence-electron chi connectivity index (χ1n) is 8.08. The van der Waals surface area contributed by atoms with E-state index in [9.17, 15) is 4.79 Å². The van der Waals surface area contributed by atoms with Crippen molar-refractivity contribution in [3.8, 4) is 0 Å². The topological polar surface area (TPSA) is 71.0 Å². The number of aromatic nitrogens is 3. The lowest BCUT2D eigenvalue weighted by Gasteiger charge is -2.23. The highest BCUT2D eigenvalue weighted by molar-refractivity contribution is 7.13. The molecule has 1 amide bonds. The Kier molecular flexibility index (Phi) is 4.82. The smallest absolute Gasteiger partial charge is 0.276 e. The molecule has 0 spiro atoms. The van der Waals surface area contributed by atoms with Crippen molar-refractivity contribution in [1.29, 1.82) is 0 Å². The quantitative estimate of drug-likeness (QED) is 0.742. The second-order valence-corrected chi connectivity index (χ2v) is 7.46. The fourth-order valence-corrected chi connectivity index (χ4v) is 4.16. The van der Waals surface area contributed by atoms with Crippen molar-refractivity contribution >= 4 is 33.7 Å². The zero-order chi connectivity index (χ0) is 17.1. The number of hydrogen-bond donors (Lipinski definition) is 1. The van der Waals surface area contributed by atoms with Crippen LogP contribution in [0.4, 0.5) is 5.13 Å². The number of rotatable bonds is 5. The molecule has 0 saturated carbocycles. The predicted molar refractivity (Wildman–Crippen MR) is 98.8 cm³/mol. The van der Waals surface area contributed by atoms with E-state index in [-0.39, 0.29) is 11.9 Å². The average Bonchev–Trinajstić information content (AvgIpc) is 3.38. The summed E-state index contributed by atoms with van der Waals surface area (Å²) >= 11 is 3.01. The summed E-state index contributed by atoms with van der Waals surface area (Å²) in [5.74, 6) is -0.221. The first-order chi connectivity index (χ1) is 12.3. The highest BCUT2D eigenvalue weighted by Gasteiger charge is 2.28. The largest absolute Gasteiger partial charge is 0.296 e. The summed E-state index contributed by atoms with van der Waals surface area (Å²) in [5.41, 5.74) is 4.32. The van der Waals surface area contributed by atoms with Gasteiger partial charge in [-0.25, -0.2) is 15.0 Å². The van der Waals surface area contributed by atoms with Gasteiger partial charge in [0.15, 0.2) is 5.13 Å². The zero-order valence-corrected chi connectivity index (χ0v) is 15.1. The number of thiazole rings is 2. The molecule has 8 heteroatoms. The van der Waals surface area contributed by atoms with Gasteiger partial charge in [-0.1, -0.05) is 6.07 Å². The van der Waals surface area contributed by atoms with E-state index < -0.39 is 0 Å². The maximum atomic E-state index is 12.4. The molecule has 1 atom stereocenters. The van der Waals surface area contributed by atoms with E-state index in [1.54, 1.807) is 23.6 Å². The molecule has 1 saturated heterocycles. The Morgan fingerprint density at radius 2 is 2.32 bits per heavy atom. The lowest BCUT2D eigenvalue weighted by atomic mass is 10.1. The Bertz CT molecular complexity index is 835. The number of hydrogen-bond acceptors (Lipinski definition) is 7. The van der Waals surface area contributed by atoms with Gasteiger partial charge in [-0.05, 0) is 31.5 Å². The van der Waals surface area contributed by atoms with Crippen molar-refractivity contribution in [1.82, 2.24) is 19.9 Å². The summed E-state index contributed by atoms with van der Waals surface area (Å²) < 4.78 is 0. The number of nitrogens with one attached hydrogen (secondary N) is 1. The summed E-state index contributed by atoms with van der Waals surface area (Å²) in [4.78, 5) is 27.9. The average molecular weight is 371 g/mol. The Labute approximate surface area is 153 Å². The van der Waals surface area contributed by atoms with E-state index in [0.717, 1.165) is 37.3 Å². The second kappa shape index (κ2) is 7.38. The van der Waals surface area contributed by atoms with Crippen LogP contribution in [0.1, 0.15) is 40.8 Å². The van der Waals surface area contributed by atoms with Crippen molar-refractivity contribution in [2.24, 2.45) is 0 Å². The minimum atomic E-state index is -0.221. The van der Waals surface area contributed by atoms with Crippen molar-refractivity contribution in [3.63, 3.8) is 0 Å². The van der Waals surface area contributed by atoms with Crippen molar-refractivity contribution in [2.75, 3.05) is 11.9 Å². The van der Waals surface area contributed by atoms with E-state index in [0.29, 0.717) is 10.8 Å². The molecule has 3 aromatic heterocycles. The minimum absolute atomic E-state index is 0.221. The van der Waals surface area contributed by atoms with E-state index >= 15 is 0 Å². The van der Waals surface area contributed by atoms with Crippen LogP contribution in [0.15, 0.2) is 40.7 Å². The number of pyridine rings is 1. The molecule has 0 aromatic carbocycles. The van der Waals surface area contributed by atoms with Gasteiger partial charge in [-0.2, -0.15) is 0 Å². The lowest BCUT2D eigenvalue weighted by Crippen LogP contribution is -2.24. The maximum Gasteiger partial charge on any atom is 0.276 e. The van der Waals surface area contributed by atoms with Crippen LogP contribution < -0.4 is 5.32 Å². The minimum Gasteiger partial charge on any atom is -0.296 e. The van der Waals surface area contributed by atoms with E-state index in [2.05, 4.69) is 30.5 Å². The molecular formula is C17H17N5OS2. The van der Waals surface area contributed by atoms with Gasteiger partial charge >= 0.3 is 0 Å². The van der Waals surface area contributed by atoms with Crippen LogP contribution in [-0.4, -0.2) is 32.3 Å². The summed E-state index contributed by atoms with van der Waals surface area (Å²) in [6.45, 7) is 1.85. The first kappa shape index (κ1) is 16.3. The highest BCUT2D eigenvalue weighted by atomic mass is 32.1. The van der Waals surface area contributed by atoms with Crippen molar-refractivity contribution in [2.45, 2.75) is 25.4 Å². The third-order valence-corrected chi connectivity index (χ3v) is 5.53. The number of anilines is 1. The molecule has 1 aliphatic heterocycles. The van der Waals surface area contributed by atoms with Gasteiger partial charge in [0.25, 0.3) is 5.91 Å². The summed E-state index contributed by atoms with van der Waals surface area (Å²) in [6.07, 6.45) is 3.85. The van der Waals surface area contributed by atoms with Crippen LogP contribution >= 0.6 is 22.7 Å². The zero-order valence-electron chi connectivity index (χ0n) is 13.5. The van der Waals surface area contributed by atoms with E-state index in [4.69, 9.17) is 0 Å². The lowest BCUT2D eigenvalue weighted by molar-refractivity contribution is 0.102. The van der Waals surface area contributed by atoms with Crippen LogP contribution in [0.2, 0.25) is 0 Å². The van der Waals surface area contributed by atoms with Gasteiger partial charge in [-0.15, -0.1) is 22.7 Å². The van der Waals surface area contributed by atoms with Crippen molar-refractivity contribution in [3.05, 3.63) is 57.7 Å². The molecule has 3 aromatic rings. The maximum absolute atomic E-state index is 12.4. The second-order valence-electron chi connectivity index (χ2n) is 5.85. The molecule has 25 heavy (non-hydrogen) atoms. The molecule has 6 nitrogen and oxygen atoms in total. The monoisotopic (exact) mass is 371 g/mol. The molecule has 1 aliphatic rings. The molecule has 0 bridgehead atoms. The summed E-state index contributed by atoms with van der Waals surface area (Å²) in [7, 11) is 0. The molecule has 0 aliphatic carbocycles. The molecule has 128 valence electrons. The SMILES string of the molecule is O=C(Nc1nccs1)c1cccc([C@H]2CCCN2Cc2cscn2)n1. The molecule has 0 radical (unpaired) electrons. The van der Waals surface area contributed by atoms with Gasteiger partial charge in [0.1, 0.15) is 5.69 Å². The Balaban J connectivity index is 1.51. The molecule has 0 unspecified atom stereocenters. The first-order valence-corrected chi connectivity index (χ1v) is 9.91. The highest BCUT2D eigenvalue weighted by Crippen LogP contribution is 2.32. The normalized spacial score (nSPS) is 17.7. The summed E-state index contributed by atoms with van der Waals surface area (Å²) in [6, 6.07) is 5.88. The van der Waals surface area contributed by atoms with E-state index in [1.807, 2.05) is 23.0 Å². The predicted octanol–water partition coefficient (Wildman–Crippen LogP) is 3.58. The number of nitrogens with zero attached hydrogens (tertiary/aromatic N) is 4. The Morgan fingerprint density at radius 3 is 3.12 bits per heavy atom. The molecule has 1 fully saturated rings. The van der Waals surface area contributed by atoms with Crippen LogP contribution in [-0.2, 0) is 6.54 Å². The standard InChI is InChI=1S/C17H17N5OS2/c23-16(21-17-18-6-8-25-17)14-4-1-3-13(20-14)15-5-2-7-22(15)9-12-10-24-11-19-12/h1,3-4,6,8,10-11,15H,2,5,7,9H2,(H,18,21,23)/t15-/m1/s1. The van der Waals surface area contributed by atoms with Gasteiger partial charge in [0.2, 0.25) is 0 Å². The van der Waals surface area contributed by atoms with Gasteiger partial charge in [0, 0.05) is 23.5 Å². The van der Waals surface area contributed by atoms with Crippen LogP contribution in [0.3, 0.4) is 0 Å². The van der Waals surface area contributed by atoms with Gasteiger partial charge < -0.3 is 0 Å². The third-order valence-electron chi connectivity index (χ3n) is 4.21. The van der Waals surface area contributed by atoms with Crippen LogP contribution in [0, 0.1) is 0 Å².